The van der Waals surface area contributed by atoms with Crippen LogP contribution in [0.25, 0.3) is 0 Å². The average molecular weight is 285 g/mol. The third-order valence-electron chi connectivity index (χ3n) is 2.82. The molecule has 102 valence electrons. The highest BCUT2D eigenvalue weighted by Gasteiger charge is 2.08. The van der Waals surface area contributed by atoms with Crippen molar-refractivity contribution < 1.29 is 9.90 Å². The number of aryl methyl sites for hydroxylation is 1. The Hall–Kier alpha value is -2.09. The summed E-state index contributed by atoms with van der Waals surface area (Å²) in [7, 11) is 0. The Bertz CT molecular complexity index is 647. The van der Waals surface area contributed by atoms with E-state index in [4.69, 9.17) is 5.11 Å². The average Bonchev–Trinajstić information content (AvgIpc) is 2.90. The number of benzene rings is 1. The quantitative estimate of drug-likeness (QED) is 0.850. The largest absolute Gasteiger partial charge is 0.384 e. The minimum Gasteiger partial charge on any atom is -0.384 e. The van der Waals surface area contributed by atoms with Gasteiger partial charge in [-0.05, 0) is 35.6 Å². The van der Waals surface area contributed by atoms with E-state index in [1.807, 2.05) is 41.9 Å². The third-order valence-corrected chi connectivity index (χ3v) is 3.68. The van der Waals surface area contributed by atoms with Crippen molar-refractivity contribution in [1.82, 2.24) is 5.32 Å². The van der Waals surface area contributed by atoms with E-state index in [1.165, 1.54) is 11.3 Å². The SMILES string of the molecule is Cc1cscc1C(=O)NCc1ccc(C#CCO)cc1. The summed E-state index contributed by atoms with van der Waals surface area (Å²) in [5.74, 6) is 5.38. The molecule has 2 aromatic rings. The Labute approximate surface area is 122 Å². The number of aliphatic hydroxyl groups excluding tert-OH is 1. The molecule has 2 N–H and O–H groups in total. The highest BCUT2D eigenvalue weighted by atomic mass is 32.1. The van der Waals surface area contributed by atoms with Gasteiger partial charge in [-0.1, -0.05) is 24.0 Å². The fraction of sp³-hybridized carbons (Fsp3) is 0.188. The molecule has 0 spiro atoms. The first-order valence-corrected chi connectivity index (χ1v) is 7.14. The van der Waals surface area contributed by atoms with E-state index in [1.54, 1.807) is 0 Å². The summed E-state index contributed by atoms with van der Waals surface area (Å²) in [6.45, 7) is 2.28. The van der Waals surface area contributed by atoms with Crippen LogP contribution in [0.3, 0.4) is 0 Å². The Morgan fingerprint density at radius 1 is 1.30 bits per heavy atom. The van der Waals surface area contributed by atoms with Crippen LogP contribution in [-0.4, -0.2) is 17.6 Å². The van der Waals surface area contributed by atoms with Gasteiger partial charge in [0.15, 0.2) is 0 Å². The molecule has 4 heteroatoms. The molecule has 3 nitrogen and oxygen atoms in total. The molecule has 0 aliphatic heterocycles. The highest BCUT2D eigenvalue weighted by Crippen LogP contribution is 2.13. The Balaban J connectivity index is 1.94. The molecule has 0 saturated heterocycles. The second-order valence-corrected chi connectivity index (χ2v) is 5.05. The predicted molar refractivity (Wildman–Crippen MR) is 80.6 cm³/mol. The fourth-order valence-corrected chi connectivity index (χ4v) is 2.55. The molecule has 0 aliphatic rings. The highest BCUT2D eigenvalue weighted by molar-refractivity contribution is 7.08. The van der Waals surface area contributed by atoms with Crippen molar-refractivity contribution in [3.05, 3.63) is 57.3 Å². The summed E-state index contributed by atoms with van der Waals surface area (Å²) in [5.41, 5.74) is 3.60. The zero-order valence-corrected chi connectivity index (χ0v) is 12.0. The lowest BCUT2D eigenvalue weighted by molar-refractivity contribution is 0.0951. The maximum Gasteiger partial charge on any atom is 0.252 e. The number of amides is 1. The molecule has 2 rings (SSSR count). The minimum atomic E-state index is -0.141. The molecule has 0 atom stereocenters. The first-order valence-electron chi connectivity index (χ1n) is 6.20. The number of carbonyl (C=O) groups is 1. The van der Waals surface area contributed by atoms with Crippen LogP contribution in [0.4, 0.5) is 0 Å². The predicted octanol–water partition coefficient (Wildman–Crippen LogP) is 2.33. The Morgan fingerprint density at radius 2 is 2.05 bits per heavy atom. The molecule has 0 radical (unpaired) electrons. The van der Waals surface area contributed by atoms with Gasteiger partial charge in [-0.2, -0.15) is 11.3 Å². The summed E-state index contributed by atoms with van der Waals surface area (Å²) >= 11 is 1.53. The smallest absolute Gasteiger partial charge is 0.252 e. The second kappa shape index (κ2) is 6.90. The lowest BCUT2D eigenvalue weighted by Gasteiger charge is -2.05. The molecule has 20 heavy (non-hydrogen) atoms. The molecule has 0 fully saturated rings. The Morgan fingerprint density at radius 3 is 2.65 bits per heavy atom. The van der Waals surface area contributed by atoms with E-state index in [0.29, 0.717) is 6.54 Å². The van der Waals surface area contributed by atoms with Crippen molar-refractivity contribution in [3.8, 4) is 11.8 Å². The molecule has 0 aliphatic carbocycles. The number of nitrogens with one attached hydrogen (secondary N) is 1. The van der Waals surface area contributed by atoms with Crippen molar-refractivity contribution in [3.63, 3.8) is 0 Å². The van der Waals surface area contributed by atoms with Gasteiger partial charge in [-0.15, -0.1) is 0 Å². The van der Waals surface area contributed by atoms with Gasteiger partial charge >= 0.3 is 0 Å². The normalized spacial score (nSPS) is 9.70. The molecular weight excluding hydrogens is 270 g/mol. The molecule has 1 amide bonds. The number of carbonyl (C=O) groups excluding carboxylic acids is 1. The molecule has 1 aromatic carbocycles. The van der Waals surface area contributed by atoms with Crippen molar-refractivity contribution >= 4 is 17.2 Å². The number of rotatable bonds is 3. The number of aliphatic hydroxyl groups is 1. The van der Waals surface area contributed by atoms with Crippen LogP contribution in [-0.2, 0) is 6.54 Å². The maximum absolute atomic E-state index is 12.0. The van der Waals surface area contributed by atoms with Gasteiger partial charge in [0.2, 0.25) is 0 Å². The van der Waals surface area contributed by atoms with Gasteiger partial charge in [0.1, 0.15) is 6.61 Å². The topological polar surface area (TPSA) is 49.3 Å². The van der Waals surface area contributed by atoms with Crippen molar-refractivity contribution in [1.29, 1.82) is 0 Å². The van der Waals surface area contributed by atoms with E-state index in [-0.39, 0.29) is 12.5 Å². The summed E-state index contributed by atoms with van der Waals surface area (Å²) in [6, 6.07) is 7.59. The third kappa shape index (κ3) is 3.70. The van der Waals surface area contributed by atoms with Gasteiger partial charge in [-0.3, -0.25) is 4.79 Å². The van der Waals surface area contributed by atoms with Gasteiger partial charge < -0.3 is 10.4 Å². The zero-order chi connectivity index (χ0) is 14.4. The lowest BCUT2D eigenvalue weighted by atomic mass is 10.1. The van der Waals surface area contributed by atoms with E-state index >= 15 is 0 Å². The van der Waals surface area contributed by atoms with Crippen LogP contribution in [0.15, 0.2) is 35.0 Å². The summed E-state index contributed by atoms with van der Waals surface area (Å²) in [5, 5.41) is 15.3. The molecular formula is C16H15NO2S. The van der Waals surface area contributed by atoms with Crippen molar-refractivity contribution in [2.24, 2.45) is 0 Å². The van der Waals surface area contributed by atoms with Crippen LogP contribution in [0.5, 0.6) is 0 Å². The van der Waals surface area contributed by atoms with Gasteiger partial charge in [0.05, 0.1) is 5.56 Å². The molecule has 1 aromatic heterocycles. The molecule has 0 unspecified atom stereocenters. The molecule has 0 saturated carbocycles. The molecule has 0 bridgehead atoms. The van der Waals surface area contributed by atoms with E-state index in [2.05, 4.69) is 17.2 Å². The van der Waals surface area contributed by atoms with Crippen LogP contribution in [0.2, 0.25) is 0 Å². The van der Waals surface area contributed by atoms with Crippen LogP contribution in [0.1, 0.15) is 27.0 Å². The van der Waals surface area contributed by atoms with Gasteiger partial charge in [0, 0.05) is 17.5 Å². The first kappa shape index (κ1) is 14.3. The zero-order valence-electron chi connectivity index (χ0n) is 11.1. The standard InChI is InChI=1S/C16H15NO2S/c1-12-10-20-11-15(12)16(19)17-9-14-6-4-13(5-7-14)3-2-8-18/h4-7,10-11,18H,8-9H2,1H3,(H,17,19). The van der Waals surface area contributed by atoms with Gasteiger partial charge in [-0.25, -0.2) is 0 Å². The lowest BCUT2D eigenvalue weighted by Crippen LogP contribution is -2.22. The summed E-state index contributed by atoms with van der Waals surface area (Å²) in [6.07, 6.45) is 0. The fourth-order valence-electron chi connectivity index (χ4n) is 1.72. The number of thiophene rings is 1. The first-order chi connectivity index (χ1) is 9.70. The minimum absolute atomic E-state index is 0.0482. The van der Waals surface area contributed by atoms with Crippen LogP contribution >= 0.6 is 11.3 Å². The number of hydrogen-bond donors (Lipinski definition) is 2. The number of hydrogen-bond acceptors (Lipinski definition) is 3. The molecule has 1 heterocycles. The van der Waals surface area contributed by atoms with Gasteiger partial charge in [0.25, 0.3) is 5.91 Å². The van der Waals surface area contributed by atoms with E-state index in [9.17, 15) is 4.79 Å². The van der Waals surface area contributed by atoms with Crippen LogP contribution in [0, 0.1) is 18.8 Å². The van der Waals surface area contributed by atoms with Crippen molar-refractivity contribution in [2.45, 2.75) is 13.5 Å². The summed E-state index contributed by atoms with van der Waals surface area (Å²) in [4.78, 5) is 12.0. The monoisotopic (exact) mass is 285 g/mol. The van der Waals surface area contributed by atoms with E-state index < -0.39 is 0 Å². The summed E-state index contributed by atoms with van der Waals surface area (Å²) < 4.78 is 0. The second-order valence-electron chi connectivity index (χ2n) is 4.31. The van der Waals surface area contributed by atoms with E-state index in [0.717, 1.165) is 22.3 Å². The van der Waals surface area contributed by atoms with Crippen LogP contribution < -0.4 is 5.32 Å². The maximum atomic E-state index is 12.0. The van der Waals surface area contributed by atoms with Crippen molar-refractivity contribution in [2.75, 3.05) is 6.61 Å². The Kier molecular flexibility index (Phi) is 4.94.